The minimum Gasteiger partial charge on any atom is -0.318 e. The van der Waals surface area contributed by atoms with E-state index in [4.69, 9.17) is 5.26 Å². The Labute approximate surface area is 81.7 Å². The van der Waals surface area contributed by atoms with Crippen LogP contribution in [-0.2, 0) is 0 Å². The highest BCUT2D eigenvalue weighted by molar-refractivity contribution is 4.73. The van der Waals surface area contributed by atoms with Crippen LogP contribution >= 0.6 is 0 Å². The Morgan fingerprint density at radius 1 is 1.38 bits per heavy atom. The van der Waals surface area contributed by atoms with E-state index < -0.39 is 0 Å². The molecule has 76 valence electrons. The van der Waals surface area contributed by atoms with E-state index in [1.165, 1.54) is 0 Å². The van der Waals surface area contributed by atoms with Crippen LogP contribution in [0.4, 0.5) is 0 Å². The van der Waals surface area contributed by atoms with Gasteiger partial charge < -0.3 is 10.2 Å². The Kier molecular flexibility index (Phi) is 7.66. The van der Waals surface area contributed by atoms with Crippen LogP contribution in [0.25, 0.3) is 0 Å². The number of nitriles is 1. The van der Waals surface area contributed by atoms with E-state index in [1.54, 1.807) is 0 Å². The fourth-order valence-electron chi connectivity index (χ4n) is 1.29. The van der Waals surface area contributed by atoms with Gasteiger partial charge >= 0.3 is 0 Å². The molecule has 3 heteroatoms. The van der Waals surface area contributed by atoms with Gasteiger partial charge in [0.15, 0.2) is 0 Å². The maximum absolute atomic E-state index is 8.48. The molecule has 0 atom stereocenters. The summed E-state index contributed by atoms with van der Waals surface area (Å²) in [5.41, 5.74) is 0. The van der Waals surface area contributed by atoms with Crippen LogP contribution in [-0.4, -0.2) is 38.1 Å². The molecule has 13 heavy (non-hydrogen) atoms. The van der Waals surface area contributed by atoms with Crippen molar-refractivity contribution in [3.05, 3.63) is 0 Å². The van der Waals surface area contributed by atoms with Crippen molar-refractivity contribution in [2.75, 3.05) is 33.2 Å². The van der Waals surface area contributed by atoms with Crippen LogP contribution < -0.4 is 5.32 Å². The van der Waals surface area contributed by atoms with E-state index in [9.17, 15) is 0 Å². The zero-order valence-corrected chi connectivity index (χ0v) is 9.01. The Bertz CT molecular complexity index is 149. The summed E-state index contributed by atoms with van der Waals surface area (Å²) < 4.78 is 0. The first-order valence-electron chi connectivity index (χ1n) is 4.94. The highest BCUT2D eigenvalue weighted by Gasteiger charge is 2.05. The average molecular weight is 183 g/mol. The van der Waals surface area contributed by atoms with Gasteiger partial charge in [-0.05, 0) is 13.0 Å². The summed E-state index contributed by atoms with van der Waals surface area (Å²) >= 11 is 0. The lowest BCUT2D eigenvalue weighted by Gasteiger charge is -2.22. The van der Waals surface area contributed by atoms with Gasteiger partial charge in [0, 0.05) is 32.6 Å². The standard InChI is InChI=1S/C10H21N3/c1-10(2)9-13(7-4-5-11)8-6-12-3/h10,12H,4,6-9H2,1-3H3. The highest BCUT2D eigenvalue weighted by atomic mass is 15.1. The predicted octanol–water partition coefficient (Wildman–Crippen LogP) is 1.08. The van der Waals surface area contributed by atoms with E-state index in [2.05, 4.69) is 30.1 Å². The molecule has 0 aliphatic heterocycles. The SMILES string of the molecule is CNCCN(CCC#N)CC(C)C. The van der Waals surface area contributed by atoms with Crippen molar-refractivity contribution in [1.29, 1.82) is 5.26 Å². The molecule has 1 N–H and O–H groups in total. The van der Waals surface area contributed by atoms with Crippen LogP contribution in [0, 0.1) is 17.2 Å². The second kappa shape index (κ2) is 8.03. The van der Waals surface area contributed by atoms with E-state index in [0.29, 0.717) is 12.3 Å². The molecule has 0 amide bonds. The third-order valence-electron chi connectivity index (χ3n) is 1.84. The first-order chi connectivity index (χ1) is 6.20. The molecule has 0 aromatic carbocycles. The second-order valence-corrected chi connectivity index (χ2v) is 3.71. The summed E-state index contributed by atoms with van der Waals surface area (Å²) in [5.74, 6) is 0.676. The number of nitrogens with zero attached hydrogens (tertiary/aromatic N) is 2. The monoisotopic (exact) mass is 183 g/mol. The van der Waals surface area contributed by atoms with Crippen molar-refractivity contribution < 1.29 is 0 Å². The van der Waals surface area contributed by atoms with Crippen LogP contribution in [0.5, 0.6) is 0 Å². The average Bonchev–Trinajstić information content (AvgIpc) is 2.09. The maximum Gasteiger partial charge on any atom is 0.0635 e. The molecule has 0 spiro atoms. The molecular weight excluding hydrogens is 162 g/mol. The minimum atomic E-state index is 0.635. The van der Waals surface area contributed by atoms with Crippen LogP contribution in [0.3, 0.4) is 0 Å². The van der Waals surface area contributed by atoms with Crippen molar-refractivity contribution in [2.45, 2.75) is 20.3 Å². The number of rotatable bonds is 7. The molecule has 0 heterocycles. The van der Waals surface area contributed by atoms with Gasteiger partial charge in [0.1, 0.15) is 0 Å². The maximum atomic E-state index is 8.48. The lowest BCUT2D eigenvalue weighted by atomic mass is 10.2. The van der Waals surface area contributed by atoms with Crippen LogP contribution in [0.1, 0.15) is 20.3 Å². The number of hydrogen-bond acceptors (Lipinski definition) is 3. The van der Waals surface area contributed by atoms with Crippen molar-refractivity contribution in [3.8, 4) is 6.07 Å². The lowest BCUT2D eigenvalue weighted by molar-refractivity contribution is 0.251. The largest absolute Gasteiger partial charge is 0.318 e. The summed E-state index contributed by atoms with van der Waals surface area (Å²) in [7, 11) is 1.96. The van der Waals surface area contributed by atoms with Gasteiger partial charge in [0.05, 0.1) is 6.07 Å². The molecule has 0 saturated heterocycles. The van der Waals surface area contributed by atoms with Gasteiger partial charge in [-0.25, -0.2) is 0 Å². The molecule has 3 nitrogen and oxygen atoms in total. The Balaban J connectivity index is 3.67. The second-order valence-electron chi connectivity index (χ2n) is 3.71. The summed E-state index contributed by atoms with van der Waals surface area (Å²) in [5, 5.41) is 11.6. The normalized spacial score (nSPS) is 10.8. The van der Waals surface area contributed by atoms with Crippen molar-refractivity contribution in [1.82, 2.24) is 10.2 Å². The topological polar surface area (TPSA) is 39.1 Å². The zero-order valence-electron chi connectivity index (χ0n) is 9.01. The van der Waals surface area contributed by atoms with Crippen LogP contribution in [0.2, 0.25) is 0 Å². The summed E-state index contributed by atoms with van der Waals surface area (Å²) in [4.78, 5) is 2.34. The van der Waals surface area contributed by atoms with Crippen molar-refractivity contribution >= 4 is 0 Å². The van der Waals surface area contributed by atoms with E-state index in [-0.39, 0.29) is 0 Å². The molecule has 0 unspecified atom stereocenters. The van der Waals surface area contributed by atoms with Gasteiger partial charge in [-0.3, -0.25) is 0 Å². The fraction of sp³-hybridized carbons (Fsp3) is 0.900. The molecule has 0 rings (SSSR count). The number of hydrogen-bond donors (Lipinski definition) is 1. The van der Waals surface area contributed by atoms with E-state index in [0.717, 1.165) is 26.2 Å². The molecule has 0 aliphatic carbocycles. The van der Waals surface area contributed by atoms with Crippen molar-refractivity contribution in [2.24, 2.45) is 5.92 Å². The summed E-state index contributed by atoms with van der Waals surface area (Å²) in [6.07, 6.45) is 0.635. The molecular formula is C10H21N3. The Hall–Kier alpha value is -0.590. The Morgan fingerprint density at radius 3 is 2.54 bits per heavy atom. The smallest absolute Gasteiger partial charge is 0.0635 e. The molecule has 0 aromatic heterocycles. The number of likely N-dealkylation sites (N-methyl/N-ethyl adjacent to an activating group) is 1. The Morgan fingerprint density at radius 2 is 2.08 bits per heavy atom. The highest BCUT2D eigenvalue weighted by Crippen LogP contribution is 1.98. The molecule has 0 radical (unpaired) electrons. The van der Waals surface area contributed by atoms with Gasteiger partial charge in [-0.2, -0.15) is 5.26 Å². The minimum absolute atomic E-state index is 0.635. The summed E-state index contributed by atoms with van der Waals surface area (Å²) in [6.45, 7) is 8.44. The van der Waals surface area contributed by atoms with Gasteiger partial charge in [-0.1, -0.05) is 13.8 Å². The molecule has 0 saturated carbocycles. The van der Waals surface area contributed by atoms with E-state index in [1.807, 2.05) is 7.05 Å². The first kappa shape index (κ1) is 12.4. The third-order valence-corrected chi connectivity index (χ3v) is 1.84. The van der Waals surface area contributed by atoms with E-state index >= 15 is 0 Å². The quantitative estimate of drug-likeness (QED) is 0.642. The van der Waals surface area contributed by atoms with Gasteiger partial charge in [0.25, 0.3) is 0 Å². The van der Waals surface area contributed by atoms with Crippen LogP contribution in [0.15, 0.2) is 0 Å². The molecule has 0 fully saturated rings. The number of nitrogens with one attached hydrogen (secondary N) is 1. The predicted molar refractivity (Wildman–Crippen MR) is 55.4 cm³/mol. The molecule has 0 aliphatic rings. The zero-order chi connectivity index (χ0) is 10.1. The summed E-state index contributed by atoms with van der Waals surface area (Å²) in [6, 6.07) is 2.19. The van der Waals surface area contributed by atoms with Crippen molar-refractivity contribution in [3.63, 3.8) is 0 Å². The molecule has 0 aromatic rings. The lowest BCUT2D eigenvalue weighted by Crippen LogP contribution is -2.34. The third kappa shape index (κ3) is 7.76. The molecule has 0 bridgehead atoms. The van der Waals surface area contributed by atoms with Gasteiger partial charge in [0.2, 0.25) is 0 Å². The van der Waals surface area contributed by atoms with Gasteiger partial charge in [-0.15, -0.1) is 0 Å². The fourth-order valence-corrected chi connectivity index (χ4v) is 1.29. The first-order valence-corrected chi connectivity index (χ1v) is 4.94.